The summed E-state index contributed by atoms with van der Waals surface area (Å²) in [6.45, 7) is 2.25. The number of benzene rings is 2. The van der Waals surface area contributed by atoms with E-state index >= 15 is 0 Å². The van der Waals surface area contributed by atoms with Gasteiger partial charge in [0.25, 0.3) is 0 Å². The predicted octanol–water partition coefficient (Wildman–Crippen LogP) is 7.49. The molecule has 3 heteroatoms. The molecule has 0 spiro atoms. The van der Waals surface area contributed by atoms with E-state index in [4.69, 9.17) is 0 Å². The third-order valence-corrected chi connectivity index (χ3v) is 4.39. The zero-order valence-corrected chi connectivity index (χ0v) is 15.3. The monoisotopic (exact) mass is 338 g/mol. The number of phenolic OH excluding ortho intramolecular Hbond substituents is 1. The van der Waals surface area contributed by atoms with Crippen LogP contribution in [-0.2, 0) is 6.42 Å². The van der Waals surface area contributed by atoms with E-state index < -0.39 is 0 Å². The summed E-state index contributed by atoms with van der Waals surface area (Å²) in [5.74, 6) is 0.299. The zero-order chi connectivity index (χ0) is 17.7. The summed E-state index contributed by atoms with van der Waals surface area (Å²) < 4.78 is 0. The molecule has 0 aliphatic carbocycles. The molecule has 2 aromatic carbocycles. The summed E-state index contributed by atoms with van der Waals surface area (Å²) in [4.78, 5) is 0. The first-order valence-corrected chi connectivity index (χ1v) is 9.58. The van der Waals surface area contributed by atoms with Crippen LogP contribution >= 0.6 is 0 Å². The molecule has 25 heavy (non-hydrogen) atoms. The van der Waals surface area contributed by atoms with Gasteiger partial charge < -0.3 is 5.11 Å². The number of aryl methyl sites for hydroxylation is 1. The predicted molar refractivity (Wildman–Crippen MR) is 105 cm³/mol. The Morgan fingerprint density at radius 3 is 2.16 bits per heavy atom. The average Bonchev–Trinajstić information content (AvgIpc) is 2.64. The molecule has 0 amide bonds. The van der Waals surface area contributed by atoms with Gasteiger partial charge in [-0.15, -0.1) is 0 Å². The van der Waals surface area contributed by atoms with Crippen molar-refractivity contribution in [3.8, 4) is 5.75 Å². The topological polar surface area (TPSA) is 45.0 Å². The smallest absolute Gasteiger partial charge is 0.116 e. The Bertz CT molecular complexity index is 638. The van der Waals surface area contributed by atoms with Crippen LogP contribution in [0.2, 0.25) is 0 Å². The largest absolute Gasteiger partial charge is 0.508 e. The first-order valence-electron chi connectivity index (χ1n) is 9.58. The van der Waals surface area contributed by atoms with E-state index in [1.165, 1.54) is 44.9 Å². The molecule has 0 atom stereocenters. The summed E-state index contributed by atoms with van der Waals surface area (Å²) in [6.07, 6.45) is 11.3. The Hall–Kier alpha value is -2.16. The fourth-order valence-corrected chi connectivity index (χ4v) is 2.93. The fourth-order valence-electron chi connectivity index (χ4n) is 2.93. The van der Waals surface area contributed by atoms with Gasteiger partial charge in [-0.25, -0.2) is 0 Å². The highest BCUT2D eigenvalue weighted by Crippen LogP contribution is 2.27. The van der Waals surface area contributed by atoms with Crippen LogP contribution in [0.3, 0.4) is 0 Å². The second-order valence-corrected chi connectivity index (χ2v) is 6.57. The van der Waals surface area contributed by atoms with Gasteiger partial charge in [0.1, 0.15) is 5.75 Å². The van der Waals surface area contributed by atoms with Crippen LogP contribution in [0.25, 0.3) is 0 Å². The van der Waals surface area contributed by atoms with Crippen LogP contribution in [-0.4, -0.2) is 5.11 Å². The molecule has 2 rings (SSSR count). The number of hydrogen-bond acceptors (Lipinski definition) is 3. The van der Waals surface area contributed by atoms with Gasteiger partial charge in [0, 0.05) is 0 Å². The molecule has 2 aromatic rings. The van der Waals surface area contributed by atoms with Crippen molar-refractivity contribution in [3.05, 3.63) is 54.1 Å². The highest BCUT2D eigenvalue weighted by atomic mass is 16.3. The number of azo groups is 1. The first kappa shape index (κ1) is 19.2. The quantitative estimate of drug-likeness (QED) is 0.335. The maximum absolute atomic E-state index is 9.77. The first-order chi connectivity index (χ1) is 12.3. The highest BCUT2D eigenvalue weighted by Gasteiger charge is 2.04. The molecule has 0 heterocycles. The molecule has 0 fully saturated rings. The normalized spacial score (nSPS) is 11.2. The molecule has 0 radical (unpaired) electrons. The molecular formula is C22H30N2O. The van der Waals surface area contributed by atoms with E-state index in [1.807, 2.05) is 42.5 Å². The number of aromatic hydroxyl groups is 1. The Morgan fingerprint density at radius 2 is 1.44 bits per heavy atom. The lowest BCUT2D eigenvalue weighted by Crippen LogP contribution is -1.88. The van der Waals surface area contributed by atoms with Gasteiger partial charge in [-0.05, 0) is 48.7 Å². The third kappa shape index (κ3) is 7.51. The molecule has 1 N–H and O–H groups in total. The van der Waals surface area contributed by atoms with Gasteiger partial charge in [0.05, 0.1) is 11.4 Å². The van der Waals surface area contributed by atoms with Gasteiger partial charge in [0.2, 0.25) is 0 Å². The molecule has 0 aliphatic heterocycles. The van der Waals surface area contributed by atoms with Gasteiger partial charge in [0.15, 0.2) is 0 Å². The van der Waals surface area contributed by atoms with E-state index in [0.29, 0.717) is 5.75 Å². The van der Waals surface area contributed by atoms with Crippen molar-refractivity contribution in [1.29, 1.82) is 0 Å². The molecule has 0 saturated carbocycles. The SMILES string of the molecule is CCCCCCCCCCc1cc(O)ccc1N=Nc1ccccc1. The Morgan fingerprint density at radius 1 is 0.760 bits per heavy atom. The lowest BCUT2D eigenvalue weighted by atomic mass is 10.0. The minimum Gasteiger partial charge on any atom is -0.508 e. The fraction of sp³-hybridized carbons (Fsp3) is 0.455. The number of rotatable bonds is 11. The molecule has 0 aliphatic rings. The van der Waals surface area contributed by atoms with Gasteiger partial charge in [-0.3, -0.25) is 0 Å². The van der Waals surface area contributed by atoms with Crippen molar-refractivity contribution in [2.75, 3.05) is 0 Å². The molecule has 0 saturated heterocycles. The molecule has 0 bridgehead atoms. The maximum atomic E-state index is 9.77. The maximum Gasteiger partial charge on any atom is 0.116 e. The van der Waals surface area contributed by atoms with E-state index in [1.54, 1.807) is 6.07 Å². The van der Waals surface area contributed by atoms with Crippen molar-refractivity contribution >= 4 is 11.4 Å². The lowest BCUT2D eigenvalue weighted by molar-refractivity contribution is 0.474. The van der Waals surface area contributed by atoms with E-state index in [9.17, 15) is 5.11 Å². The summed E-state index contributed by atoms with van der Waals surface area (Å²) in [7, 11) is 0. The van der Waals surface area contributed by atoms with Gasteiger partial charge in [-0.2, -0.15) is 10.2 Å². The van der Waals surface area contributed by atoms with Crippen LogP contribution in [0.5, 0.6) is 5.75 Å². The Balaban J connectivity index is 1.83. The summed E-state index contributed by atoms with van der Waals surface area (Å²) >= 11 is 0. The lowest BCUT2D eigenvalue weighted by Gasteiger charge is -2.06. The van der Waals surface area contributed by atoms with E-state index in [0.717, 1.165) is 29.8 Å². The zero-order valence-electron chi connectivity index (χ0n) is 15.3. The van der Waals surface area contributed by atoms with Crippen molar-refractivity contribution in [1.82, 2.24) is 0 Å². The number of phenols is 1. The number of unbranched alkanes of at least 4 members (excludes halogenated alkanes) is 7. The molecular weight excluding hydrogens is 308 g/mol. The second kappa shape index (κ2) is 11.4. The Labute approximate surface area is 151 Å². The summed E-state index contributed by atoms with van der Waals surface area (Å²) in [6, 6.07) is 15.1. The Kier molecular flexibility index (Phi) is 8.74. The van der Waals surface area contributed by atoms with Crippen LogP contribution in [0.15, 0.2) is 58.8 Å². The van der Waals surface area contributed by atoms with Crippen LogP contribution in [0, 0.1) is 0 Å². The van der Waals surface area contributed by atoms with Crippen LogP contribution in [0.1, 0.15) is 63.9 Å². The van der Waals surface area contributed by atoms with E-state index in [-0.39, 0.29) is 0 Å². The second-order valence-electron chi connectivity index (χ2n) is 6.57. The summed E-state index contributed by atoms with van der Waals surface area (Å²) in [5, 5.41) is 18.5. The minimum atomic E-state index is 0.299. The van der Waals surface area contributed by atoms with Crippen LogP contribution in [0.4, 0.5) is 11.4 Å². The van der Waals surface area contributed by atoms with Crippen LogP contribution < -0.4 is 0 Å². The number of hydrogen-bond donors (Lipinski definition) is 1. The van der Waals surface area contributed by atoms with E-state index in [2.05, 4.69) is 17.2 Å². The molecule has 3 nitrogen and oxygen atoms in total. The molecule has 134 valence electrons. The van der Waals surface area contributed by atoms with Crippen molar-refractivity contribution in [2.24, 2.45) is 10.2 Å². The van der Waals surface area contributed by atoms with Gasteiger partial charge in [-0.1, -0.05) is 70.1 Å². The third-order valence-electron chi connectivity index (χ3n) is 4.39. The van der Waals surface area contributed by atoms with Gasteiger partial charge >= 0.3 is 0 Å². The minimum absolute atomic E-state index is 0.299. The standard InChI is InChI=1S/C22H30N2O/c1-2-3-4-5-6-7-8-10-13-19-18-21(25)16-17-22(19)24-23-20-14-11-9-12-15-20/h9,11-12,14-18,25H,2-8,10,13H2,1H3. The summed E-state index contributed by atoms with van der Waals surface area (Å²) in [5.41, 5.74) is 2.77. The van der Waals surface area contributed by atoms with Crippen molar-refractivity contribution < 1.29 is 5.11 Å². The molecule has 0 aromatic heterocycles. The van der Waals surface area contributed by atoms with Crippen molar-refractivity contribution in [2.45, 2.75) is 64.7 Å². The van der Waals surface area contributed by atoms with Crippen molar-refractivity contribution in [3.63, 3.8) is 0 Å². The average molecular weight is 338 g/mol. The highest BCUT2D eigenvalue weighted by molar-refractivity contribution is 5.50. The molecule has 0 unspecified atom stereocenters. The number of nitrogens with zero attached hydrogens (tertiary/aromatic N) is 2.